The molecule has 0 heterocycles. The number of nitrogens with one attached hydrogen (secondary N) is 1. The van der Waals surface area contributed by atoms with Crippen LogP contribution in [0.5, 0.6) is 0 Å². The molecule has 1 fully saturated rings. The average Bonchev–Trinajstić information content (AvgIpc) is 2.82. The predicted octanol–water partition coefficient (Wildman–Crippen LogP) is 6.82. The van der Waals surface area contributed by atoms with Crippen molar-refractivity contribution in [2.24, 2.45) is 5.92 Å². The Morgan fingerprint density at radius 1 is 1.06 bits per heavy atom. The summed E-state index contributed by atoms with van der Waals surface area (Å²) < 4.78 is 40.3. The number of hydrogen-bond acceptors (Lipinski definition) is 2. The van der Waals surface area contributed by atoms with Crippen LogP contribution in [0.15, 0.2) is 48.5 Å². The van der Waals surface area contributed by atoms with E-state index >= 15 is 0 Å². The van der Waals surface area contributed by atoms with Crippen LogP contribution in [-0.4, -0.2) is 24.4 Å². The van der Waals surface area contributed by atoms with E-state index in [1.54, 1.807) is 18.2 Å². The lowest BCUT2D eigenvalue weighted by Crippen LogP contribution is -2.54. The Morgan fingerprint density at radius 2 is 1.71 bits per heavy atom. The highest BCUT2D eigenvalue weighted by atomic mass is 127. The molecule has 2 aromatic rings. The maximum absolute atomic E-state index is 13.9. The van der Waals surface area contributed by atoms with Gasteiger partial charge in [0.2, 0.25) is 5.91 Å². The second-order valence-electron chi connectivity index (χ2n) is 8.69. The van der Waals surface area contributed by atoms with Gasteiger partial charge in [-0.15, -0.1) is 0 Å². The fourth-order valence-electron chi connectivity index (χ4n) is 4.46. The van der Waals surface area contributed by atoms with E-state index in [2.05, 4.69) is 27.9 Å². The van der Waals surface area contributed by atoms with Gasteiger partial charge in [0.25, 0.3) is 5.91 Å². The summed E-state index contributed by atoms with van der Waals surface area (Å²) in [6.45, 7) is 2.52. The largest absolute Gasteiger partial charge is 0.416 e. The van der Waals surface area contributed by atoms with Gasteiger partial charge in [-0.25, -0.2) is 0 Å². The number of halogens is 4. The summed E-state index contributed by atoms with van der Waals surface area (Å²) in [4.78, 5) is 28.8. The Hall–Kier alpha value is -2.10. The highest BCUT2D eigenvalue weighted by molar-refractivity contribution is 14.1. The summed E-state index contributed by atoms with van der Waals surface area (Å²) >= 11 is 2.07. The van der Waals surface area contributed by atoms with Crippen molar-refractivity contribution in [3.05, 3.63) is 63.2 Å². The minimum Gasteiger partial charge on any atom is -0.354 e. The molecule has 1 atom stereocenters. The number of anilines is 1. The van der Waals surface area contributed by atoms with E-state index in [4.69, 9.17) is 0 Å². The molecular weight excluding hydrogens is 556 g/mol. The van der Waals surface area contributed by atoms with Crippen LogP contribution in [0.4, 0.5) is 18.9 Å². The lowest BCUT2D eigenvalue weighted by molar-refractivity contribution is -0.137. The summed E-state index contributed by atoms with van der Waals surface area (Å²) in [5.74, 6) is -0.700. The maximum atomic E-state index is 13.9. The predicted molar refractivity (Wildman–Crippen MR) is 136 cm³/mol. The van der Waals surface area contributed by atoms with E-state index in [1.807, 2.05) is 13.0 Å². The van der Waals surface area contributed by atoms with Crippen molar-refractivity contribution in [1.29, 1.82) is 0 Å². The first-order chi connectivity index (χ1) is 16.2. The third kappa shape index (κ3) is 6.52. The molecule has 4 nitrogen and oxygen atoms in total. The van der Waals surface area contributed by atoms with Gasteiger partial charge in [-0.05, 0) is 84.2 Å². The molecule has 34 heavy (non-hydrogen) atoms. The molecule has 1 saturated carbocycles. The van der Waals surface area contributed by atoms with E-state index < -0.39 is 17.8 Å². The van der Waals surface area contributed by atoms with Gasteiger partial charge in [-0.1, -0.05) is 44.7 Å². The number of carbonyl (C=O) groups excluding carboxylic acids is 2. The van der Waals surface area contributed by atoms with Gasteiger partial charge in [0.05, 0.1) is 11.1 Å². The van der Waals surface area contributed by atoms with Crippen molar-refractivity contribution in [2.75, 3.05) is 11.4 Å². The number of alkyl halides is 3. The number of nitrogens with zero attached hydrogens (tertiary/aromatic N) is 1. The monoisotopic (exact) mass is 586 g/mol. The molecule has 1 unspecified atom stereocenters. The molecule has 0 radical (unpaired) electrons. The maximum Gasteiger partial charge on any atom is 0.416 e. The lowest BCUT2D eigenvalue weighted by atomic mass is 9.82. The summed E-state index contributed by atoms with van der Waals surface area (Å²) in [7, 11) is 0. The fourth-order valence-corrected chi connectivity index (χ4v) is 5.08. The van der Waals surface area contributed by atoms with Gasteiger partial charge in [-0.2, -0.15) is 13.2 Å². The summed E-state index contributed by atoms with van der Waals surface area (Å²) in [5.41, 5.74) is -0.0800. The second-order valence-corrected chi connectivity index (χ2v) is 9.85. The molecule has 1 aliphatic rings. The highest BCUT2D eigenvalue weighted by Crippen LogP contribution is 2.35. The van der Waals surface area contributed by atoms with Crippen molar-refractivity contribution in [3.8, 4) is 0 Å². The molecule has 0 aliphatic heterocycles. The molecule has 3 rings (SSSR count). The molecule has 0 bridgehead atoms. The first-order valence-corrected chi connectivity index (χ1v) is 12.8. The Labute approximate surface area is 212 Å². The highest BCUT2D eigenvalue weighted by Gasteiger charge is 2.39. The number of unbranched alkanes of at least 4 members (excludes halogenated alkanes) is 1. The molecule has 184 valence electrons. The Balaban J connectivity index is 2.08. The second kappa shape index (κ2) is 12.0. The normalized spacial score (nSPS) is 15.6. The fraction of sp³-hybridized carbons (Fsp3) is 0.462. The molecule has 2 aromatic carbocycles. The third-order valence-corrected chi connectivity index (χ3v) is 7.21. The van der Waals surface area contributed by atoms with E-state index in [1.165, 1.54) is 17.0 Å². The van der Waals surface area contributed by atoms with Crippen LogP contribution in [0.2, 0.25) is 0 Å². The van der Waals surface area contributed by atoms with Gasteiger partial charge in [0.15, 0.2) is 0 Å². The number of hydrogen-bond donors (Lipinski definition) is 1. The average molecular weight is 586 g/mol. The van der Waals surface area contributed by atoms with Crippen molar-refractivity contribution in [2.45, 2.75) is 64.1 Å². The zero-order valence-corrected chi connectivity index (χ0v) is 21.4. The Kier molecular flexibility index (Phi) is 9.39. The van der Waals surface area contributed by atoms with Gasteiger partial charge >= 0.3 is 6.18 Å². The first-order valence-electron chi connectivity index (χ1n) is 11.8. The molecular formula is C26H30F3IN2O2. The van der Waals surface area contributed by atoms with Gasteiger partial charge in [0, 0.05) is 15.8 Å². The van der Waals surface area contributed by atoms with Crippen LogP contribution in [0, 0.1) is 9.49 Å². The zero-order chi connectivity index (χ0) is 24.7. The van der Waals surface area contributed by atoms with Crippen LogP contribution in [0.25, 0.3) is 0 Å². The first kappa shape index (κ1) is 26.5. The van der Waals surface area contributed by atoms with E-state index in [0.29, 0.717) is 17.8 Å². The van der Waals surface area contributed by atoms with Crippen molar-refractivity contribution < 1.29 is 22.8 Å². The minimum atomic E-state index is -4.48. The molecule has 1 aliphatic carbocycles. The summed E-state index contributed by atoms with van der Waals surface area (Å²) in [6, 6.07) is 10.8. The van der Waals surface area contributed by atoms with E-state index in [0.717, 1.165) is 60.6 Å². The SMILES string of the molecule is CCCCNC(=O)C(C1CCCCC1)N(C(=O)c1ccccc1I)c1ccc(C(F)(F)F)cc1. The Morgan fingerprint density at radius 3 is 2.29 bits per heavy atom. The van der Waals surface area contributed by atoms with Crippen LogP contribution in [0.1, 0.15) is 67.8 Å². The van der Waals surface area contributed by atoms with Crippen LogP contribution < -0.4 is 10.2 Å². The number of benzene rings is 2. The van der Waals surface area contributed by atoms with Crippen molar-refractivity contribution >= 4 is 40.1 Å². The van der Waals surface area contributed by atoms with Crippen LogP contribution in [-0.2, 0) is 11.0 Å². The standard InChI is InChI=1S/C26H30F3IN2O2/c1-2-3-17-31-24(33)23(18-9-5-4-6-10-18)32(25(34)21-11-7-8-12-22(21)30)20-15-13-19(14-16-20)26(27,28)29/h7-8,11-16,18,23H,2-6,9-10,17H2,1H3,(H,31,33). The number of amides is 2. The quantitative estimate of drug-likeness (QED) is 0.273. The number of rotatable bonds is 8. The lowest BCUT2D eigenvalue weighted by Gasteiger charge is -2.38. The third-order valence-electron chi connectivity index (χ3n) is 6.27. The molecule has 0 spiro atoms. The minimum absolute atomic E-state index is 0.0667. The summed E-state index contributed by atoms with van der Waals surface area (Å²) in [5, 5.41) is 2.97. The van der Waals surface area contributed by atoms with Crippen molar-refractivity contribution in [1.82, 2.24) is 5.32 Å². The van der Waals surface area contributed by atoms with Gasteiger partial charge < -0.3 is 5.32 Å². The van der Waals surface area contributed by atoms with Crippen molar-refractivity contribution in [3.63, 3.8) is 0 Å². The summed E-state index contributed by atoms with van der Waals surface area (Å²) in [6.07, 6.45) is 1.83. The molecule has 8 heteroatoms. The molecule has 0 saturated heterocycles. The van der Waals surface area contributed by atoms with Crippen LogP contribution >= 0.6 is 22.6 Å². The van der Waals surface area contributed by atoms with Gasteiger partial charge in [0.1, 0.15) is 6.04 Å². The van der Waals surface area contributed by atoms with Crippen LogP contribution in [0.3, 0.4) is 0 Å². The Bertz CT molecular complexity index is 973. The van der Waals surface area contributed by atoms with E-state index in [-0.39, 0.29) is 17.7 Å². The van der Waals surface area contributed by atoms with Gasteiger partial charge in [-0.3, -0.25) is 14.5 Å². The zero-order valence-electron chi connectivity index (χ0n) is 19.2. The molecule has 0 aromatic heterocycles. The molecule has 1 N–H and O–H groups in total. The topological polar surface area (TPSA) is 49.4 Å². The molecule has 2 amide bonds. The smallest absolute Gasteiger partial charge is 0.354 e. The number of carbonyl (C=O) groups is 2. The van der Waals surface area contributed by atoms with E-state index in [9.17, 15) is 22.8 Å².